The van der Waals surface area contributed by atoms with E-state index in [-0.39, 0.29) is 12.2 Å². The van der Waals surface area contributed by atoms with Crippen molar-refractivity contribution in [2.24, 2.45) is 11.8 Å². The van der Waals surface area contributed by atoms with Crippen molar-refractivity contribution < 1.29 is 4.74 Å². The lowest BCUT2D eigenvalue weighted by Gasteiger charge is -2.31. The van der Waals surface area contributed by atoms with Crippen molar-refractivity contribution in [2.75, 3.05) is 0 Å². The van der Waals surface area contributed by atoms with Crippen LogP contribution in [-0.2, 0) is 4.74 Å². The van der Waals surface area contributed by atoms with Crippen LogP contribution in [0.4, 0.5) is 0 Å². The summed E-state index contributed by atoms with van der Waals surface area (Å²) in [6.07, 6.45) is 2.65. The fourth-order valence-corrected chi connectivity index (χ4v) is 3.28. The average Bonchev–Trinajstić information content (AvgIpc) is 2.42. The molecule has 2 heteroatoms. The van der Waals surface area contributed by atoms with Gasteiger partial charge in [0.1, 0.15) is 0 Å². The Morgan fingerprint density at radius 1 is 1.05 bits per heavy atom. The summed E-state index contributed by atoms with van der Waals surface area (Å²) in [7, 11) is 0. The van der Waals surface area contributed by atoms with E-state index in [0.717, 1.165) is 11.4 Å². The zero-order chi connectivity index (χ0) is 16.6. The van der Waals surface area contributed by atoms with Gasteiger partial charge in [-0.3, -0.25) is 4.98 Å². The van der Waals surface area contributed by atoms with Crippen molar-refractivity contribution >= 4 is 5.57 Å². The number of aromatic nitrogens is 1. The molecule has 3 atom stereocenters. The van der Waals surface area contributed by atoms with Crippen molar-refractivity contribution in [3.63, 3.8) is 0 Å². The minimum atomic E-state index is 0.0345. The number of hydrogen-bond acceptors (Lipinski definition) is 2. The lowest BCUT2D eigenvalue weighted by atomic mass is 9.82. The molecule has 1 aliphatic rings. The highest BCUT2D eigenvalue weighted by atomic mass is 16.5. The number of fused-ring (bicyclic) bond motifs is 1. The van der Waals surface area contributed by atoms with E-state index in [9.17, 15) is 0 Å². The fourth-order valence-electron chi connectivity index (χ4n) is 3.28. The van der Waals surface area contributed by atoms with Crippen LogP contribution >= 0.6 is 0 Å². The lowest BCUT2D eigenvalue weighted by molar-refractivity contribution is -0.0145. The number of nitrogens with zero attached hydrogens (tertiary/aromatic N) is 1. The third kappa shape index (κ3) is 3.27. The first kappa shape index (κ1) is 17.2. The van der Waals surface area contributed by atoms with Gasteiger partial charge in [0.25, 0.3) is 0 Å². The van der Waals surface area contributed by atoms with Gasteiger partial charge < -0.3 is 4.74 Å². The van der Waals surface area contributed by atoms with E-state index in [1.54, 1.807) is 0 Å². The second-order valence-electron chi connectivity index (χ2n) is 7.39. The van der Waals surface area contributed by atoms with Crippen LogP contribution in [0.3, 0.4) is 0 Å². The van der Waals surface area contributed by atoms with Crippen LogP contribution in [0.5, 0.6) is 0 Å². The molecule has 0 aliphatic carbocycles. The van der Waals surface area contributed by atoms with Crippen LogP contribution in [0.15, 0.2) is 12.1 Å². The largest absolute Gasteiger partial charge is 0.369 e. The molecule has 2 heterocycles. The van der Waals surface area contributed by atoms with Gasteiger partial charge in [-0.25, -0.2) is 0 Å². The van der Waals surface area contributed by atoms with Gasteiger partial charge in [0.15, 0.2) is 0 Å². The first-order chi connectivity index (χ1) is 10.2. The molecule has 0 spiro atoms. The van der Waals surface area contributed by atoms with Crippen LogP contribution in [0, 0.1) is 18.8 Å². The molecule has 0 fully saturated rings. The first-order valence-electron chi connectivity index (χ1n) is 8.61. The molecule has 2 nitrogen and oxygen atoms in total. The van der Waals surface area contributed by atoms with Crippen molar-refractivity contribution in [1.29, 1.82) is 0 Å². The van der Waals surface area contributed by atoms with Gasteiger partial charge in [-0.1, -0.05) is 40.7 Å². The Morgan fingerprint density at radius 3 is 2.23 bits per heavy atom. The number of pyridine rings is 1. The third-order valence-electron chi connectivity index (χ3n) is 4.73. The Bertz CT molecular complexity index is 571. The summed E-state index contributed by atoms with van der Waals surface area (Å²) in [6.45, 7) is 17.7. The summed E-state index contributed by atoms with van der Waals surface area (Å²) in [4.78, 5) is 4.87. The summed E-state index contributed by atoms with van der Waals surface area (Å²) in [5, 5.41) is 0. The maximum Gasteiger partial charge on any atom is 0.0976 e. The minimum Gasteiger partial charge on any atom is -0.369 e. The number of aryl methyl sites for hydroxylation is 1. The van der Waals surface area contributed by atoms with Crippen LogP contribution in [0.2, 0.25) is 0 Å². The van der Waals surface area contributed by atoms with E-state index in [2.05, 4.69) is 67.5 Å². The predicted octanol–water partition coefficient (Wildman–Crippen LogP) is 5.67. The maximum atomic E-state index is 6.24. The second-order valence-corrected chi connectivity index (χ2v) is 7.39. The van der Waals surface area contributed by atoms with Crippen molar-refractivity contribution in [2.45, 2.75) is 73.5 Å². The molecule has 0 N–H and O–H groups in total. The number of allylic oxidation sites excluding steroid dienone is 1. The molecule has 1 aromatic heterocycles. The number of ether oxygens (including phenoxy) is 1. The van der Waals surface area contributed by atoms with E-state index in [0.29, 0.717) is 17.8 Å². The molecule has 22 heavy (non-hydrogen) atoms. The molecule has 122 valence electrons. The number of hydrogen-bond donors (Lipinski definition) is 0. The predicted molar refractivity (Wildman–Crippen MR) is 94.0 cm³/mol. The Hall–Kier alpha value is -1.15. The molecule has 1 aromatic rings. The van der Waals surface area contributed by atoms with E-state index in [4.69, 9.17) is 9.72 Å². The van der Waals surface area contributed by atoms with Crippen molar-refractivity contribution in [3.8, 4) is 0 Å². The highest BCUT2D eigenvalue weighted by Gasteiger charge is 2.28. The Labute approximate surface area is 136 Å². The van der Waals surface area contributed by atoms with Crippen LogP contribution in [0.25, 0.3) is 5.57 Å². The topological polar surface area (TPSA) is 22.1 Å². The van der Waals surface area contributed by atoms with Gasteiger partial charge in [-0.15, -0.1) is 0 Å². The smallest absolute Gasteiger partial charge is 0.0976 e. The Balaban J connectivity index is 2.78. The molecule has 0 saturated heterocycles. The van der Waals surface area contributed by atoms with Gasteiger partial charge in [0.05, 0.1) is 17.9 Å². The normalized spacial score (nSPS) is 28.1. The molecule has 0 radical (unpaired) electrons. The van der Waals surface area contributed by atoms with E-state index in [1.165, 1.54) is 16.7 Å². The molecule has 0 amide bonds. The summed E-state index contributed by atoms with van der Waals surface area (Å²) in [6, 6.07) is 2.25. The fraction of sp³-hybridized carbons (Fsp3) is 0.650. The second kappa shape index (κ2) is 6.54. The third-order valence-corrected chi connectivity index (χ3v) is 4.73. The average molecular weight is 301 g/mol. The highest BCUT2D eigenvalue weighted by molar-refractivity contribution is 5.72. The minimum absolute atomic E-state index is 0.0345. The summed E-state index contributed by atoms with van der Waals surface area (Å²) < 4.78 is 6.24. The Kier molecular flexibility index (Phi) is 5.11. The quantitative estimate of drug-likeness (QED) is 0.702. The molecular weight excluding hydrogens is 270 g/mol. The highest BCUT2D eigenvalue weighted by Crippen LogP contribution is 2.39. The van der Waals surface area contributed by atoms with Gasteiger partial charge >= 0.3 is 0 Å². The van der Waals surface area contributed by atoms with E-state index in [1.807, 2.05) is 0 Å². The SMILES string of the molecule is Cc1cc(C(C)C)c2c(n1)[C@H](C)O[C@H](C)[C@H](C)/C=C\2C(C)C. The zero-order valence-electron chi connectivity index (χ0n) is 15.4. The molecular formula is C20H31NO. The van der Waals surface area contributed by atoms with Gasteiger partial charge in [-0.05, 0) is 49.8 Å². The molecule has 1 aliphatic heterocycles. The van der Waals surface area contributed by atoms with Crippen molar-refractivity contribution in [1.82, 2.24) is 4.98 Å². The zero-order valence-corrected chi connectivity index (χ0v) is 15.4. The standard InChI is InChI=1S/C20H31NO/c1-11(2)17-9-13(5)15(7)22-16(8)20-19(17)18(12(3)4)10-14(6)21-20/h9-13,15-16H,1-8H3/b17-9-/t13-,15-,16+/m1/s1. The van der Waals surface area contributed by atoms with E-state index >= 15 is 0 Å². The summed E-state index contributed by atoms with van der Waals surface area (Å²) in [5.41, 5.74) is 6.37. The van der Waals surface area contributed by atoms with Crippen LogP contribution < -0.4 is 0 Å². The maximum absolute atomic E-state index is 6.24. The van der Waals surface area contributed by atoms with Gasteiger partial charge in [-0.2, -0.15) is 0 Å². The van der Waals surface area contributed by atoms with Crippen LogP contribution in [-0.4, -0.2) is 11.1 Å². The van der Waals surface area contributed by atoms with Crippen LogP contribution in [0.1, 0.15) is 83.0 Å². The lowest BCUT2D eigenvalue weighted by Crippen LogP contribution is -2.24. The molecule has 0 saturated carbocycles. The molecule has 0 unspecified atom stereocenters. The van der Waals surface area contributed by atoms with Crippen molar-refractivity contribution in [3.05, 3.63) is 34.7 Å². The first-order valence-corrected chi connectivity index (χ1v) is 8.61. The molecule has 0 bridgehead atoms. The number of rotatable bonds is 2. The van der Waals surface area contributed by atoms with Gasteiger partial charge in [0, 0.05) is 17.2 Å². The summed E-state index contributed by atoms with van der Waals surface area (Å²) >= 11 is 0. The van der Waals surface area contributed by atoms with Gasteiger partial charge in [0.2, 0.25) is 0 Å². The van der Waals surface area contributed by atoms with E-state index < -0.39 is 0 Å². The molecule has 2 rings (SSSR count). The monoisotopic (exact) mass is 301 g/mol. The molecule has 0 aromatic carbocycles. The summed E-state index contributed by atoms with van der Waals surface area (Å²) in [5.74, 6) is 1.38. The Morgan fingerprint density at radius 2 is 1.68 bits per heavy atom.